The monoisotopic (exact) mass is 412 g/mol. The van der Waals surface area contributed by atoms with E-state index in [-0.39, 0.29) is 5.91 Å². The van der Waals surface area contributed by atoms with Crippen LogP contribution in [0.25, 0.3) is 10.2 Å². The molecule has 2 fully saturated rings. The van der Waals surface area contributed by atoms with Crippen molar-refractivity contribution >= 4 is 33.3 Å². The lowest BCUT2D eigenvalue weighted by atomic mass is 9.72. The van der Waals surface area contributed by atoms with Gasteiger partial charge in [-0.05, 0) is 49.0 Å². The molecule has 0 bridgehead atoms. The third-order valence-electron chi connectivity index (χ3n) is 7.10. The molecule has 1 aliphatic heterocycles. The zero-order chi connectivity index (χ0) is 20.3. The Balaban J connectivity index is 1.54. The number of hydrogen-bond acceptors (Lipinski definition) is 5. The van der Waals surface area contributed by atoms with Gasteiger partial charge in [-0.25, -0.2) is 9.97 Å². The van der Waals surface area contributed by atoms with Gasteiger partial charge in [0.15, 0.2) is 0 Å². The van der Waals surface area contributed by atoms with Crippen LogP contribution in [0.3, 0.4) is 0 Å². The Morgan fingerprint density at radius 2 is 1.79 bits per heavy atom. The predicted molar refractivity (Wildman–Crippen MR) is 119 cm³/mol. The molecular formula is C23H32N4OS. The van der Waals surface area contributed by atoms with Crippen LogP contribution in [0.15, 0.2) is 0 Å². The molecule has 5 nitrogen and oxygen atoms in total. The number of piperazine rings is 1. The highest BCUT2D eigenvalue weighted by Crippen LogP contribution is 2.47. The van der Waals surface area contributed by atoms with Crippen molar-refractivity contribution in [2.75, 3.05) is 31.1 Å². The van der Waals surface area contributed by atoms with Crippen LogP contribution in [0.1, 0.15) is 69.1 Å². The Kier molecular flexibility index (Phi) is 4.61. The van der Waals surface area contributed by atoms with Crippen LogP contribution < -0.4 is 4.90 Å². The van der Waals surface area contributed by atoms with Gasteiger partial charge in [0.2, 0.25) is 5.91 Å². The van der Waals surface area contributed by atoms with E-state index in [1.54, 1.807) is 6.92 Å². The topological polar surface area (TPSA) is 49.3 Å². The summed E-state index contributed by atoms with van der Waals surface area (Å²) in [5, 5.41) is 1.32. The summed E-state index contributed by atoms with van der Waals surface area (Å²) < 4.78 is 0. The molecule has 3 heterocycles. The van der Waals surface area contributed by atoms with Crippen LogP contribution in [-0.2, 0) is 17.6 Å². The van der Waals surface area contributed by atoms with E-state index in [0.29, 0.717) is 11.3 Å². The van der Waals surface area contributed by atoms with Crippen molar-refractivity contribution in [1.29, 1.82) is 0 Å². The molecule has 156 valence electrons. The average Bonchev–Trinajstić information content (AvgIpc) is 3.47. The van der Waals surface area contributed by atoms with Crippen molar-refractivity contribution in [2.45, 2.75) is 65.7 Å². The van der Waals surface area contributed by atoms with E-state index in [1.165, 1.54) is 46.3 Å². The number of aryl methyl sites for hydroxylation is 1. The number of carbonyl (C=O) groups is 1. The summed E-state index contributed by atoms with van der Waals surface area (Å²) in [6.07, 6.45) is 6.02. The fraction of sp³-hybridized carbons (Fsp3) is 0.696. The van der Waals surface area contributed by atoms with Gasteiger partial charge in [0, 0.05) is 43.9 Å². The molecule has 0 unspecified atom stereocenters. The highest BCUT2D eigenvalue weighted by atomic mass is 32.1. The standard InChI is InChI=1S/C23H32N4OS/c1-14(28)26-9-11-27(12-10-26)21-19-17-8-7-16(23(2,3)4)13-18(17)29-22(19)25-20(24-21)15-5-6-15/h15-16H,5-13H2,1-4H3/t16-/m1/s1. The van der Waals surface area contributed by atoms with Gasteiger partial charge in [-0.15, -0.1) is 11.3 Å². The predicted octanol–water partition coefficient (Wildman–Crippen LogP) is 4.39. The Bertz CT molecular complexity index is 948. The minimum Gasteiger partial charge on any atom is -0.352 e. The highest BCUT2D eigenvalue weighted by Gasteiger charge is 2.35. The second kappa shape index (κ2) is 6.93. The van der Waals surface area contributed by atoms with Gasteiger partial charge in [0.05, 0.1) is 5.39 Å². The number of aromatic nitrogens is 2. The van der Waals surface area contributed by atoms with E-state index in [9.17, 15) is 4.79 Å². The molecule has 1 atom stereocenters. The van der Waals surface area contributed by atoms with Gasteiger partial charge >= 0.3 is 0 Å². The SMILES string of the molecule is CC(=O)N1CCN(c2nc(C3CC3)nc3sc4c(c23)CC[C@@H](C(C)(C)C)C4)CC1. The van der Waals surface area contributed by atoms with Crippen LogP contribution >= 0.6 is 11.3 Å². The summed E-state index contributed by atoms with van der Waals surface area (Å²) in [4.78, 5) is 29.0. The molecule has 2 aliphatic carbocycles. The molecule has 0 N–H and O–H groups in total. The lowest BCUT2D eigenvalue weighted by Crippen LogP contribution is -2.48. The molecular weight excluding hydrogens is 380 g/mol. The highest BCUT2D eigenvalue weighted by molar-refractivity contribution is 7.19. The Morgan fingerprint density at radius 1 is 1.07 bits per heavy atom. The lowest BCUT2D eigenvalue weighted by Gasteiger charge is -2.36. The molecule has 1 saturated heterocycles. The fourth-order valence-corrected chi connectivity index (χ4v) is 6.20. The van der Waals surface area contributed by atoms with Gasteiger partial charge in [-0.3, -0.25) is 4.79 Å². The van der Waals surface area contributed by atoms with E-state index in [2.05, 4.69) is 25.7 Å². The van der Waals surface area contributed by atoms with Crippen LogP contribution in [0, 0.1) is 11.3 Å². The lowest BCUT2D eigenvalue weighted by molar-refractivity contribution is -0.129. The van der Waals surface area contributed by atoms with Gasteiger partial charge in [0.25, 0.3) is 0 Å². The number of fused-ring (bicyclic) bond motifs is 3. The van der Waals surface area contributed by atoms with Crippen molar-refractivity contribution in [1.82, 2.24) is 14.9 Å². The minimum absolute atomic E-state index is 0.178. The molecule has 3 aliphatic rings. The zero-order valence-electron chi connectivity index (χ0n) is 18.1. The first-order valence-electron chi connectivity index (χ1n) is 11.1. The number of hydrogen-bond donors (Lipinski definition) is 0. The zero-order valence-corrected chi connectivity index (χ0v) is 18.9. The number of nitrogens with zero attached hydrogens (tertiary/aromatic N) is 4. The molecule has 6 heteroatoms. The molecule has 5 rings (SSSR count). The van der Waals surface area contributed by atoms with Crippen LogP contribution in [0.5, 0.6) is 0 Å². The first kappa shape index (κ1) is 19.3. The van der Waals surface area contributed by atoms with E-state index in [1.807, 2.05) is 16.2 Å². The first-order chi connectivity index (χ1) is 13.8. The smallest absolute Gasteiger partial charge is 0.219 e. The fourth-order valence-electron chi connectivity index (χ4n) is 4.90. The van der Waals surface area contributed by atoms with Crippen molar-refractivity contribution in [3.8, 4) is 0 Å². The van der Waals surface area contributed by atoms with Crippen molar-refractivity contribution in [2.24, 2.45) is 11.3 Å². The normalized spacial score (nSPS) is 22.8. The Morgan fingerprint density at radius 3 is 2.41 bits per heavy atom. The van der Waals surface area contributed by atoms with Crippen LogP contribution in [-0.4, -0.2) is 47.0 Å². The maximum absolute atomic E-state index is 11.8. The maximum atomic E-state index is 11.8. The molecule has 2 aromatic rings. The summed E-state index contributed by atoms with van der Waals surface area (Å²) in [7, 11) is 0. The van der Waals surface area contributed by atoms with E-state index in [0.717, 1.165) is 50.2 Å². The van der Waals surface area contributed by atoms with E-state index in [4.69, 9.17) is 9.97 Å². The number of carbonyl (C=O) groups excluding carboxylic acids is 1. The quantitative estimate of drug-likeness (QED) is 0.734. The summed E-state index contributed by atoms with van der Waals surface area (Å²) in [6.45, 7) is 12.1. The summed E-state index contributed by atoms with van der Waals surface area (Å²) in [5.41, 5.74) is 1.86. The third-order valence-corrected chi connectivity index (χ3v) is 8.25. The summed E-state index contributed by atoms with van der Waals surface area (Å²) in [5.74, 6) is 3.66. The number of thiophene rings is 1. The molecule has 0 aromatic carbocycles. The number of rotatable bonds is 2. The summed E-state index contributed by atoms with van der Waals surface area (Å²) in [6, 6.07) is 0. The second-order valence-electron chi connectivity index (χ2n) is 10.2. The summed E-state index contributed by atoms with van der Waals surface area (Å²) >= 11 is 1.92. The van der Waals surface area contributed by atoms with Crippen molar-refractivity contribution < 1.29 is 4.79 Å². The number of anilines is 1. The van der Waals surface area contributed by atoms with E-state index < -0.39 is 0 Å². The van der Waals surface area contributed by atoms with Crippen LogP contribution in [0.2, 0.25) is 0 Å². The molecule has 2 aromatic heterocycles. The number of amides is 1. The van der Waals surface area contributed by atoms with Gasteiger partial charge in [-0.2, -0.15) is 0 Å². The van der Waals surface area contributed by atoms with Crippen LogP contribution in [0.4, 0.5) is 5.82 Å². The first-order valence-corrected chi connectivity index (χ1v) is 12.0. The minimum atomic E-state index is 0.178. The maximum Gasteiger partial charge on any atom is 0.219 e. The molecule has 0 radical (unpaired) electrons. The Labute approximate surface area is 177 Å². The second-order valence-corrected chi connectivity index (χ2v) is 11.2. The molecule has 1 amide bonds. The van der Waals surface area contributed by atoms with Crippen molar-refractivity contribution in [3.05, 3.63) is 16.3 Å². The van der Waals surface area contributed by atoms with Gasteiger partial charge in [-0.1, -0.05) is 20.8 Å². The molecule has 1 saturated carbocycles. The third kappa shape index (κ3) is 3.54. The van der Waals surface area contributed by atoms with Gasteiger partial charge in [0.1, 0.15) is 16.5 Å². The van der Waals surface area contributed by atoms with Gasteiger partial charge < -0.3 is 9.80 Å². The van der Waals surface area contributed by atoms with E-state index >= 15 is 0 Å². The molecule has 29 heavy (non-hydrogen) atoms. The largest absolute Gasteiger partial charge is 0.352 e. The Hall–Kier alpha value is -1.69. The van der Waals surface area contributed by atoms with Crippen molar-refractivity contribution in [3.63, 3.8) is 0 Å². The molecule has 0 spiro atoms. The average molecular weight is 413 g/mol.